The first-order valence-electron chi connectivity index (χ1n) is 8.14. The average Bonchev–Trinajstić information content (AvgIpc) is 3.09. The summed E-state index contributed by atoms with van der Waals surface area (Å²) in [5, 5.41) is 4.20. The number of ether oxygens (including phenoxy) is 2. The van der Waals surface area contributed by atoms with Crippen LogP contribution in [0.3, 0.4) is 0 Å². The summed E-state index contributed by atoms with van der Waals surface area (Å²) in [6.45, 7) is 7.22. The molecule has 1 aromatic rings. The van der Waals surface area contributed by atoms with Gasteiger partial charge in [0, 0.05) is 25.1 Å². The van der Waals surface area contributed by atoms with Crippen LogP contribution in [0.15, 0.2) is 10.6 Å². The van der Waals surface area contributed by atoms with Gasteiger partial charge >= 0.3 is 0 Å². The van der Waals surface area contributed by atoms with Gasteiger partial charge in [0.2, 0.25) is 0 Å². The average molecular weight is 309 g/mol. The fourth-order valence-electron chi connectivity index (χ4n) is 3.44. The molecule has 0 bridgehead atoms. The van der Waals surface area contributed by atoms with E-state index < -0.39 is 5.79 Å². The Kier molecular flexibility index (Phi) is 4.82. The molecule has 2 saturated heterocycles. The molecule has 2 fully saturated rings. The Morgan fingerprint density at radius 1 is 1.36 bits per heavy atom. The number of aromatic nitrogens is 1. The molecule has 0 aromatic carbocycles. The highest BCUT2D eigenvalue weighted by Crippen LogP contribution is 2.34. The molecule has 0 spiro atoms. The molecule has 2 aliphatic rings. The van der Waals surface area contributed by atoms with Crippen molar-refractivity contribution in [2.45, 2.75) is 38.6 Å². The Bertz CT molecular complexity index is 483. The summed E-state index contributed by atoms with van der Waals surface area (Å²) >= 11 is 0. The van der Waals surface area contributed by atoms with Crippen LogP contribution in [0, 0.1) is 5.92 Å². The molecule has 0 aliphatic carbocycles. The van der Waals surface area contributed by atoms with E-state index in [0.717, 1.165) is 44.1 Å². The SMILES string of the molecule is CN(C)Cc1cc(CN2CCC[C@H](C3(C)OCCO3)C2)no1. The second kappa shape index (κ2) is 6.66. The molecular weight excluding hydrogens is 282 g/mol. The highest BCUT2D eigenvalue weighted by atomic mass is 16.7. The van der Waals surface area contributed by atoms with Crippen molar-refractivity contribution in [2.24, 2.45) is 5.92 Å². The maximum atomic E-state index is 5.84. The molecular formula is C16H27N3O3. The highest BCUT2D eigenvalue weighted by molar-refractivity contribution is 5.05. The summed E-state index contributed by atoms with van der Waals surface area (Å²) in [4.78, 5) is 4.51. The monoisotopic (exact) mass is 309 g/mol. The topological polar surface area (TPSA) is 51.0 Å². The molecule has 2 aliphatic heterocycles. The summed E-state index contributed by atoms with van der Waals surface area (Å²) in [5.41, 5.74) is 1.01. The van der Waals surface area contributed by atoms with Gasteiger partial charge in [-0.1, -0.05) is 5.16 Å². The van der Waals surface area contributed by atoms with Crippen LogP contribution in [0.5, 0.6) is 0 Å². The van der Waals surface area contributed by atoms with Crippen molar-refractivity contribution in [3.05, 3.63) is 17.5 Å². The highest BCUT2D eigenvalue weighted by Gasteiger charge is 2.41. The molecule has 0 N–H and O–H groups in total. The number of hydrogen-bond acceptors (Lipinski definition) is 6. The van der Waals surface area contributed by atoms with Gasteiger partial charge in [-0.15, -0.1) is 0 Å². The van der Waals surface area contributed by atoms with Crippen molar-refractivity contribution in [3.8, 4) is 0 Å². The number of rotatable bonds is 5. The molecule has 0 saturated carbocycles. The molecule has 0 amide bonds. The Hall–Kier alpha value is -0.950. The molecule has 6 nitrogen and oxygen atoms in total. The van der Waals surface area contributed by atoms with E-state index >= 15 is 0 Å². The lowest BCUT2D eigenvalue weighted by atomic mass is 9.90. The molecule has 1 atom stereocenters. The van der Waals surface area contributed by atoms with E-state index in [1.165, 1.54) is 6.42 Å². The van der Waals surface area contributed by atoms with Crippen molar-refractivity contribution in [1.29, 1.82) is 0 Å². The number of piperidine rings is 1. The second-order valence-electron chi connectivity index (χ2n) is 6.81. The van der Waals surface area contributed by atoms with Crippen molar-refractivity contribution >= 4 is 0 Å². The van der Waals surface area contributed by atoms with Crippen molar-refractivity contribution in [3.63, 3.8) is 0 Å². The summed E-state index contributed by atoms with van der Waals surface area (Å²) in [7, 11) is 4.06. The third-order valence-corrected chi connectivity index (χ3v) is 4.57. The van der Waals surface area contributed by atoms with Gasteiger partial charge in [-0.05, 0) is 40.4 Å². The van der Waals surface area contributed by atoms with Crippen LogP contribution in [-0.4, -0.2) is 61.1 Å². The molecule has 6 heteroatoms. The van der Waals surface area contributed by atoms with E-state index in [-0.39, 0.29) is 0 Å². The van der Waals surface area contributed by atoms with Gasteiger partial charge in [-0.3, -0.25) is 4.90 Å². The van der Waals surface area contributed by atoms with Gasteiger partial charge in [0.05, 0.1) is 25.5 Å². The third kappa shape index (κ3) is 3.68. The Labute approximate surface area is 132 Å². The molecule has 124 valence electrons. The fourth-order valence-corrected chi connectivity index (χ4v) is 3.44. The zero-order chi connectivity index (χ0) is 15.6. The van der Waals surface area contributed by atoms with Gasteiger partial charge < -0.3 is 18.9 Å². The van der Waals surface area contributed by atoms with Gasteiger partial charge in [0.15, 0.2) is 11.5 Å². The van der Waals surface area contributed by atoms with E-state index in [0.29, 0.717) is 19.1 Å². The molecule has 22 heavy (non-hydrogen) atoms. The van der Waals surface area contributed by atoms with Gasteiger partial charge in [0.25, 0.3) is 0 Å². The zero-order valence-corrected chi connectivity index (χ0v) is 13.9. The molecule has 3 heterocycles. The number of likely N-dealkylation sites (tertiary alicyclic amines) is 1. The Morgan fingerprint density at radius 2 is 2.14 bits per heavy atom. The van der Waals surface area contributed by atoms with Gasteiger partial charge in [-0.2, -0.15) is 0 Å². The minimum absolute atomic E-state index is 0.404. The van der Waals surface area contributed by atoms with E-state index in [2.05, 4.69) is 27.9 Å². The van der Waals surface area contributed by atoms with Crippen molar-refractivity contribution in [1.82, 2.24) is 15.0 Å². The lowest BCUT2D eigenvalue weighted by molar-refractivity contribution is -0.192. The van der Waals surface area contributed by atoms with Crippen LogP contribution in [-0.2, 0) is 22.6 Å². The summed E-state index contributed by atoms with van der Waals surface area (Å²) < 4.78 is 17.1. The normalized spacial score (nSPS) is 25.9. The maximum Gasteiger partial charge on any atom is 0.169 e. The summed E-state index contributed by atoms with van der Waals surface area (Å²) in [6, 6.07) is 2.06. The van der Waals surface area contributed by atoms with E-state index in [1.54, 1.807) is 0 Å². The maximum absolute atomic E-state index is 5.84. The molecule has 0 radical (unpaired) electrons. The molecule has 3 rings (SSSR count). The lowest BCUT2D eigenvalue weighted by Crippen LogP contribution is -2.46. The Morgan fingerprint density at radius 3 is 2.86 bits per heavy atom. The lowest BCUT2D eigenvalue weighted by Gasteiger charge is -2.39. The Balaban J connectivity index is 1.57. The first kappa shape index (κ1) is 15.9. The largest absolute Gasteiger partial charge is 0.360 e. The van der Waals surface area contributed by atoms with Gasteiger partial charge in [-0.25, -0.2) is 0 Å². The van der Waals surface area contributed by atoms with E-state index in [4.69, 9.17) is 14.0 Å². The summed E-state index contributed by atoms with van der Waals surface area (Å²) in [5.74, 6) is 0.943. The van der Waals surface area contributed by atoms with Crippen molar-refractivity contribution in [2.75, 3.05) is 40.4 Å². The van der Waals surface area contributed by atoms with Crippen LogP contribution < -0.4 is 0 Å². The van der Waals surface area contributed by atoms with E-state index in [1.807, 2.05) is 14.1 Å². The predicted molar refractivity (Wildman–Crippen MR) is 82.2 cm³/mol. The van der Waals surface area contributed by atoms with E-state index in [9.17, 15) is 0 Å². The third-order valence-electron chi connectivity index (χ3n) is 4.57. The minimum atomic E-state index is -0.404. The predicted octanol–water partition coefficient (Wildman–Crippen LogP) is 1.71. The van der Waals surface area contributed by atoms with Crippen molar-refractivity contribution < 1.29 is 14.0 Å². The number of nitrogens with zero attached hydrogens (tertiary/aromatic N) is 3. The van der Waals surface area contributed by atoms with Gasteiger partial charge in [0.1, 0.15) is 0 Å². The first-order chi connectivity index (χ1) is 10.5. The summed E-state index contributed by atoms with van der Waals surface area (Å²) in [6.07, 6.45) is 2.34. The van der Waals surface area contributed by atoms with Crippen LogP contribution in [0.1, 0.15) is 31.2 Å². The van der Waals surface area contributed by atoms with Crippen LogP contribution >= 0.6 is 0 Å². The standard InChI is InChI=1S/C16H27N3O3/c1-16(20-7-8-21-16)13-5-4-6-19(10-13)11-14-9-15(22-17-14)12-18(2)3/h9,13H,4-8,10-12H2,1-3H3/t13-/m0/s1. The van der Waals surface area contributed by atoms with Crippen LogP contribution in [0.4, 0.5) is 0 Å². The minimum Gasteiger partial charge on any atom is -0.360 e. The smallest absolute Gasteiger partial charge is 0.169 e. The number of hydrogen-bond donors (Lipinski definition) is 0. The molecule has 1 aromatic heterocycles. The zero-order valence-electron chi connectivity index (χ0n) is 13.9. The quantitative estimate of drug-likeness (QED) is 0.825. The second-order valence-corrected chi connectivity index (χ2v) is 6.81. The van der Waals surface area contributed by atoms with Crippen LogP contribution in [0.2, 0.25) is 0 Å². The first-order valence-corrected chi connectivity index (χ1v) is 8.14. The molecule has 0 unspecified atom stereocenters. The van der Waals surface area contributed by atoms with Crippen LogP contribution in [0.25, 0.3) is 0 Å². The fraction of sp³-hybridized carbons (Fsp3) is 0.812.